The normalized spacial score (nSPS) is 20.9. The first-order chi connectivity index (χ1) is 20.9. The molecule has 43 heavy (non-hydrogen) atoms. The predicted molar refractivity (Wildman–Crippen MR) is 173 cm³/mol. The maximum Gasteiger partial charge on any atom is 0.196 e. The summed E-state index contributed by atoms with van der Waals surface area (Å²) in [4.78, 5) is 4.82. The van der Waals surface area contributed by atoms with Crippen molar-refractivity contribution in [3.63, 3.8) is 0 Å². The summed E-state index contributed by atoms with van der Waals surface area (Å²) in [6, 6.07) is 5.46. The molecular weight excluding hydrogens is 542 g/mol. The molecule has 1 saturated carbocycles. The van der Waals surface area contributed by atoms with Crippen LogP contribution in [0.4, 0.5) is 0 Å². The van der Waals surface area contributed by atoms with E-state index in [9.17, 15) is 15.3 Å². The van der Waals surface area contributed by atoms with E-state index in [1.165, 1.54) is 31.6 Å². The third kappa shape index (κ3) is 9.75. The van der Waals surface area contributed by atoms with Gasteiger partial charge < -0.3 is 30.1 Å². The third-order valence-corrected chi connectivity index (χ3v) is 8.90. The Morgan fingerprint density at radius 2 is 2.02 bits per heavy atom. The van der Waals surface area contributed by atoms with Crippen molar-refractivity contribution in [1.82, 2.24) is 10.6 Å². The molecule has 238 valence electrons. The lowest BCUT2D eigenvalue weighted by Gasteiger charge is -2.22. The van der Waals surface area contributed by atoms with Crippen LogP contribution in [0.25, 0.3) is 0 Å². The van der Waals surface area contributed by atoms with Gasteiger partial charge >= 0.3 is 0 Å². The highest BCUT2D eigenvalue weighted by atomic mass is 16.5. The van der Waals surface area contributed by atoms with Crippen LogP contribution in [0.2, 0.25) is 0 Å². The van der Waals surface area contributed by atoms with Crippen LogP contribution in [0.1, 0.15) is 77.7 Å². The van der Waals surface area contributed by atoms with E-state index in [4.69, 9.17) is 14.5 Å². The van der Waals surface area contributed by atoms with Crippen molar-refractivity contribution in [3.05, 3.63) is 59.2 Å². The van der Waals surface area contributed by atoms with Gasteiger partial charge in [0.05, 0.1) is 18.1 Å². The topological polar surface area (TPSA) is 119 Å². The molecule has 0 aromatic heterocycles. The highest BCUT2D eigenvalue weighted by Gasteiger charge is 2.39. The molecule has 4 atom stereocenters. The van der Waals surface area contributed by atoms with Crippen LogP contribution in [0.5, 0.6) is 11.5 Å². The van der Waals surface area contributed by atoms with Gasteiger partial charge in [-0.1, -0.05) is 39.2 Å². The molecule has 2 heterocycles. The standard InChI is InChI=1S/C35H53N3O5/c1-4-6-11-34-28(22-39)17-29(43-34)14-12-25-13-15-33(41)35(16-25)42-23-32(37-5-2)31-18-27(20-38-31)30(21-36-19-24(3)40)26-9-7-8-10-26/h13,15-18,20,24,26,30,32,34,36-37,39-40,43H,4-12,14,19,21-23H2,1-3H3/p+1. The lowest BCUT2D eigenvalue weighted by molar-refractivity contribution is -0.0550. The number of aliphatic imine (C=N–C) groups is 1. The molecule has 6 N–H and O–H groups in total. The number of aromatic hydroxyl groups is 1. The number of phenols is 1. The van der Waals surface area contributed by atoms with Gasteiger partial charge in [0.1, 0.15) is 30.9 Å². The van der Waals surface area contributed by atoms with Gasteiger partial charge in [0, 0.05) is 26.1 Å². The van der Waals surface area contributed by atoms with Crippen LogP contribution in [0.3, 0.4) is 0 Å². The van der Waals surface area contributed by atoms with E-state index in [1.807, 2.05) is 25.3 Å². The van der Waals surface area contributed by atoms with Gasteiger partial charge in [-0.15, -0.1) is 16.6 Å². The lowest BCUT2D eigenvalue weighted by Crippen LogP contribution is -2.36. The van der Waals surface area contributed by atoms with E-state index in [-0.39, 0.29) is 30.6 Å². The zero-order chi connectivity index (χ0) is 30.6. The number of unbranched alkanes of at least 4 members (excludes halogenated alkanes) is 1. The van der Waals surface area contributed by atoms with E-state index in [0.717, 1.165) is 68.1 Å². The Bertz CT molecular complexity index is 1080. The predicted octanol–water partition coefficient (Wildman–Crippen LogP) is 4.55. The molecule has 0 spiro atoms. The minimum absolute atomic E-state index is 0.0619. The second-order valence-electron chi connectivity index (χ2n) is 12.4. The molecule has 1 aromatic rings. The summed E-state index contributed by atoms with van der Waals surface area (Å²) in [5.74, 6) is 2.86. The number of ether oxygens (including phenoxy) is 2. The first-order valence-corrected chi connectivity index (χ1v) is 16.5. The van der Waals surface area contributed by atoms with Crippen LogP contribution >= 0.6 is 0 Å². The summed E-state index contributed by atoms with van der Waals surface area (Å²) < 4.78 is 11.1. The Balaban J connectivity index is 1.35. The molecule has 1 aromatic carbocycles. The molecule has 8 heteroatoms. The van der Waals surface area contributed by atoms with E-state index in [2.05, 4.69) is 36.6 Å². The molecule has 0 amide bonds. The van der Waals surface area contributed by atoms with Gasteiger partial charge in [0.25, 0.3) is 0 Å². The van der Waals surface area contributed by atoms with Crippen LogP contribution < -0.4 is 15.4 Å². The molecule has 1 fully saturated rings. The van der Waals surface area contributed by atoms with Gasteiger partial charge in [-0.2, -0.15) is 0 Å². The van der Waals surface area contributed by atoms with E-state index < -0.39 is 0 Å². The SMILES string of the molecule is CCCCC1[OH+][C-](CCc2ccc(O)c(OCC(NCC)C3=C[C+](C(CNCC(C)O)C4CCCC4)C=N3)c2)C=C1CO. The van der Waals surface area contributed by atoms with Crippen LogP contribution in [0.15, 0.2) is 46.6 Å². The molecule has 3 aliphatic rings. The zero-order valence-corrected chi connectivity index (χ0v) is 26.4. The molecule has 0 saturated heterocycles. The number of likely N-dealkylation sites (N-methyl/N-ethyl adjacent to an activating group) is 1. The van der Waals surface area contributed by atoms with Crippen LogP contribution in [0, 0.1) is 23.9 Å². The van der Waals surface area contributed by atoms with Crippen molar-refractivity contribution < 1.29 is 24.8 Å². The van der Waals surface area contributed by atoms with Crippen LogP contribution in [-0.2, 0) is 6.42 Å². The molecule has 8 nitrogen and oxygen atoms in total. The Kier molecular flexibility index (Phi) is 13.3. The first kappa shape index (κ1) is 33.4. The van der Waals surface area contributed by atoms with Crippen molar-refractivity contribution in [2.75, 3.05) is 32.8 Å². The summed E-state index contributed by atoms with van der Waals surface area (Å²) in [5, 5.41) is 37.0. The number of phenolic OH excluding ortho intramolecular Hbond substituents is 1. The van der Waals surface area contributed by atoms with Crippen molar-refractivity contribution in [2.24, 2.45) is 16.8 Å². The Morgan fingerprint density at radius 3 is 2.74 bits per heavy atom. The summed E-state index contributed by atoms with van der Waals surface area (Å²) in [6.07, 6.45) is 16.9. The molecule has 1 aliphatic carbocycles. The number of allylic oxidation sites excluding steroid dienone is 1. The molecular formula is C35H54N3O5+. The number of nitrogens with one attached hydrogen (secondary N) is 2. The fraction of sp³-hybridized carbons (Fsp3) is 0.629. The van der Waals surface area contributed by atoms with Gasteiger partial charge in [-0.25, -0.2) is 0 Å². The second-order valence-corrected chi connectivity index (χ2v) is 12.4. The number of benzene rings is 1. The largest absolute Gasteiger partial charge is 0.504 e. The number of aliphatic hydroxyl groups is 4. The lowest BCUT2D eigenvalue weighted by atomic mass is 9.81. The smallest absolute Gasteiger partial charge is 0.196 e. The maximum atomic E-state index is 10.6. The first-order valence-electron chi connectivity index (χ1n) is 16.5. The number of rotatable bonds is 19. The maximum absolute atomic E-state index is 10.6. The molecule has 4 rings (SSSR count). The molecule has 4 unspecified atom stereocenters. The van der Waals surface area contributed by atoms with E-state index >= 15 is 0 Å². The van der Waals surface area contributed by atoms with Crippen molar-refractivity contribution >= 4 is 6.21 Å². The average molecular weight is 597 g/mol. The Hall–Kier alpha value is -2.49. The minimum Gasteiger partial charge on any atom is -0.504 e. The monoisotopic (exact) mass is 596 g/mol. The summed E-state index contributed by atoms with van der Waals surface area (Å²) in [5.41, 5.74) is 3.04. The zero-order valence-electron chi connectivity index (χ0n) is 26.4. The Labute approximate surface area is 258 Å². The summed E-state index contributed by atoms with van der Waals surface area (Å²) in [6.45, 7) is 8.68. The number of aliphatic hydroxyl groups excluding tert-OH is 2. The van der Waals surface area contributed by atoms with Crippen molar-refractivity contribution in [2.45, 2.75) is 96.8 Å². The van der Waals surface area contributed by atoms with E-state index in [0.29, 0.717) is 30.7 Å². The minimum atomic E-state index is -0.363. The fourth-order valence-electron chi connectivity index (χ4n) is 6.49. The molecule has 2 aliphatic heterocycles. The number of hydrogen-bond acceptors (Lipinski definition) is 7. The van der Waals surface area contributed by atoms with Crippen molar-refractivity contribution in [3.8, 4) is 11.5 Å². The number of nitrogens with zero attached hydrogens (tertiary/aromatic N) is 1. The van der Waals surface area contributed by atoms with Crippen LogP contribution in [-0.4, -0.2) is 77.4 Å². The van der Waals surface area contributed by atoms with Gasteiger partial charge in [0.2, 0.25) is 0 Å². The highest BCUT2D eigenvalue weighted by Crippen LogP contribution is 2.38. The van der Waals surface area contributed by atoms with Gasteiger partial charge in [-0.3, -0.25) is 5.32 Å². The van der Waals surface area contributed by atoms with E-state index in [1.54, 1.807) is 6.07 Å². The second kappa shape index (κ2) is 17.1. The van der Waals surface area contributed by atoms with Crippen molar-refractivity contribution in [1.29, 1.82) is 0 Å². The molecule has 0 radical (unpaired) electrons. The Morgan fingerprint density at radius 1 is 1.21 bits per heavy atom. The quantitative estimate of drug-likeness (QED) is 0.118. The summed E-state index contributed by atoms with van der Waals surface area (Å²) in [7, 11) is 0. The number of aryl methyl sites for hydroxylation is 1. The highest BCUT2D eigenvalue weighted by molar-refractivity contribution is 5.83. The van der Waals surface area contributed by atoms with Gasteiger partial charge in [-0.05, 0) is 69.2 Å². The third-order valence-electron chi connectivity index (χ3n) is 8.90. The fourth-order valence-corrected chi connectivity index (χ4v) is 6.49. The number of hydrogen-bond donors (Lipinski definition) is 5. The average Bonchev–Trinajstić information content (AvgIpc) is 3.78. The van der Waals surface area contributed by atoms with Gasteiger partial charge in [0.15, 0.2) is 23.2 Å². The summed E-state index contributed by atoms with van der Waals surface area (Å²) >= 11 is 0. The molecule has 0 bridgehead atoms.